The van der Waals surface area contributed by atoms with Crippen LogP contribution in [0, 0.1) is 11.3 Å². The minimum Gasteiger partial charge on any atom is -0.281 e. The van der Waals surface area contributed by atoms with Gasteiger partial charge in [0.05, 0.1) is 18.0 Å². The van der Waals surface area contributed by atoms with E-state index in [1.165, 1.54) is 19.3 Å². The number of sulfonamides is 1. The molecule has 0 bridgehead atoms. The van der Waals surface area contributed by atoms with Crippen molar-refractivity contribution >= 4 is 15.7 Å². The second-order valence-electron chi connectivity index (χ2n) is 2.66. The van der Waals surface area contributed by atoms with Gasteiger partial charge >= 0.3 is 0 Å². The maximum atomic E-state index is 11.4. The fraction of sp³-hybridized carbons (Fsp3) is 0.250. The number of nitrogens with one attached hydrogen (secondary N) is 1. The van der Waals surface area contributed by atoms with Gasteiger partial charge in [-0.3, -0.25) is 9.71 Å². The topological polar surface area (TPSA) is 82.8 Å². The number of rotatable bonds is 3. The van der Waals surface area contributed by atoms with Gasteiger partial charge in [0.1, 0.15) is 0 Å². The predicted octanol–water partition coefficient (Wildman–Crippen LogP) is 0.735. The van der Waals surface area contributed by atoms with Crippen molar-refractivity contribution in [3.8, 4) is 6.07 Å². The Balaban J connectivity index is 2.86. The molecule has 14 heavy (non-hydrogen) atoms. The summed E-state index contributed by atoms with van der Waals surface area (Å²) < 4.78 is 25.0. The van der Waals surface area contributed by atoms with Gasteiger partial charge in [0.15, 0.2) is 5.25 Å². The molecule has 0 fully saturated rings. The van der Waals surface area contributed by atoms with Gasteiger partial charge in [-0.25, -0.2) is 8.42 Å². The van der Waals surface area contributed by atoms with Crippen LogP contribution in [0.25, 0.3) is 0 Å². The third-order valence-corrected chi connectivity index (χ3v) is 3.13. The van der Waals surface area contributed by atoms with Gasteiger partial charge < -0.3 is 0 Å². The van der Waals surface area contributed by atoms with Crippen LogP contribution >= 0.6 is 0 Å². The zero-order valence-electron chi connectivity index (χ0n) is 7.51. The van der Waals surface area contributed by atoms with Gasteiger partial charge in [-0.15, -0.1) is 0 Å². The largest absolute Gasteiger partial charge is 0.281 e. The van der Waals surface area contributed by atoms with E-state index >= 15 is 0 Å². The van der Waals surface area contributed by atoms with Crippen LogP contribution < -0.4 is 4.72 Å². The van der Waals surface area contributed by atoms with Crippen molar-refractivity contribution in [2.24, 2.45) is 0 Å². The molecule has 0 spiro atoms. The molecule has 1 rings (SSSR count). The second-order valence-corrected chi connectivity index (χ2v) is 4.66. The highest BCUT2D eigenvalue weighted by Crippen LogP contribution is 2.08. The summed E-state index contributed by atoms with van der Waals surface area (Å²) in [6.07, 6.45) is 2.91. The van der Waals surface area contributed by atoms with Crippen molar-refractivity contribution < 1.29 is 8.42 Å². The number of hydrogen-bond donors (Lipinski definition) is 1. The second kappa shape index (κ2) is 4.07. The molecule has 74 valence electrons. The Labute approximate surface area is 82.4 Å². The van der Waals surface area contributed by atoms with Crippen molar-refractivity contribution in [3.05, 3.63) is 24.5 Å². The molecule has 1 aromatic rings. The van der Waals surface area contributed by atoms with Crippen LogP contribution in [-0.4, -0.2) is 18.7 Å². The molecule has 0 saturated heterocycles. The van der Waals surface area contributed by atoms with Crippen molar-refractivity contribution in [3.63, 3.8) is 0 Å². The average Bonchev–Trinajstić information content (AvgIpc) is 2.17. The van der Waals surface area contributed by atoms with Crippen molar-refractivity contribution in [1.82, 2.24) is 4.98 Å². The molecule has 1 heterocycles. The highest BCUT2D eigenvalue weighted by atomic mass is 32.2. The van der Waals surface area contributed by atoms with E-state index in [-0.39, 0.29) is 0 Å². The summed E-state index contributed by atoms with van der Waals surface area (Å²) in [5, 5.41) is 7.38. The lowest BCUT2D eigenvalue weighted by Crippen LogP contribution is -2.23. The highest BCUT2D eigenvalue weighted by molar-refractivity contribution is 7.93. The standard InChI is InChI=1S/C8H9N3O2S/c1-7(5-9)14(12,13)11-8-3-2-4-10-6-8/h2-4,6-7,11H,1H3. The van der Waals surface area contributed by atoms with E-state index in [1.807, 2.05) is 0 Å². The Kier molecular flexibility index (Phi) is 3.04. The molecular weight excluding hydrogens is 202 g/mol. The number of nitriles is 1. The summed E-state index contributed by atoms with van der Waals surface area (Å²) in [6.45, 7) is 1.32. The Bertz CT molecular complexity index is 435. The third kappa shape index (κ3) is 2.44. The van der Waals surface area contributed by atoms with E-state index in [9.17, 15) is 8.42 Å². The summed E-state index contributed by atoms with van der Waals surface area (Å²) in [5.74, 6) is 0. The molecule has 0 aromatic carbocycles. The first-order chi connectivity index (χ1) is 6.56. The van der Waals surface area contributed by atoms with Crippen LogP contribution in [0.5, 0.6) is 0 Å². The summed E-state index contributed by atoms with van der Waals surface area (Å²) in [5.41, 5.74) is 0.356. The summed E-state index contributed by atoms with van der Waals surface area (Å²) in [6, 6.07) is 4.82. The fourth-order valence-corrected chi connectivity index (χ4v) is 1.51. The smallest absolute Gasteiger partial charge is 0.248 e. The van der Waals surface area contributed by atoms with E-state index in [0.29, 0.717) is 5.69 Å². The molecule has 1 aromatic heterocycles. The molecular formula is C8H9N3O2S. The fourth-order valence-electron chi connectivity index (χ4n) is 0.745. The van der Waals surface area contributed by atoms with E-state index in [1.54, 1.807) is 18.2 Å². The van der Waals surface area contributed by atoms with Crippen LogP contribution in [0.2, 0.25) is 0 Å². The lowest BCUT2D eigenvalue weighted by molar-refractivity contribution is 0.597. The van der Waals surface area contributed by atoms with E-state index in [2.05, 4.69) is 9.71 Å². The Hall–Kier alpha value is -1.61. The summed E-state index contributed by atoms with van der Waals surface area (Å²) in [4.78, 5) is 3.74. The van der Waals surface area contributed by atoms with Crippen LogP contribution in [0.4, 0.5) is 5.69 Å². The molecule has 1 N–H and O–H groups in total. The zero-order valence-corrected chi connectivity index (χ0v) is 8.32. The number of pyridine rings is 1. The van der Waals surface area contributed by atoms with E-state index in [0.717, 1.165) is 0 Å². The Morgan fingerprint density at radius 3 is 2.86 bits per heavy atom. The Morgan fingerprint density at radius 1 is 1.64 bits per heavy atom. The SMILES string of the molecule is CC(C#N)S(=O)(=O)Nc1cccnc1. The quantitative estimate of drug-likeness (QED) is 0.799. The molecule has 5 nitrogen and oxygen atoms in total. The van der Waals surface area contributed by atoms with E-state index < -0.39 is 15.3 Å². The molecule has 0 saturated carbocycles. The molecule has 1 unspecified atom stereocenters. The first-order valence-electron chi connectivity index (χ1n) is 3.87. The lowest BCUT2D eigenvalue weighted by atomic mass is 10.4. The van der Waals surface area contributed by atoms with Crippen LogP contribution in [0.3, 0.4) is 0 Å². The van der Waals surface area contributed by atoms with E-state index in [4.69, 9.17) is 5.26 Å². The molecule has 0 aliphatic rings. The normalized spacial score (nSPS) is 12.9. The van der Waals surface area contributed by atoms with Crippen LogP contribution in [-0.2, 0) is 10.0 Å². The summed E-state index contributed by atoms with van der Waals surface area (Å²) >= 11 is 0. The van der Waals surface area contributed by atoms with Gasteiger partial charge in [-0.1, -0.05) is 0 Å². The van der Waals surface area contributed by atoms with Gasteiger partial charge in [-0.2, -0.15) is 5.26 Å². The predicted molar refractivity (Wildman–Crippen MR) is 51.9 cm³/mol. The Morgan fingerprint density at radius 2 is 2.36 bits per heavy atom. The van der Waals surface area contributed by atoms with Gasteiger partial charge in [0.2, 0.25) is 10.0 Å². The number of aromatic nitrogens is 1. The summed E-state index contributed by atoms with van der Waals surface area (Å²) in [7, 11) is -3.61. The lowest BCUT2D eigenvalue weighted by Gasteiger charge is -2.07. The number of hydrogen-bond acceptors (Lipinski definition) is 4. The van der Waals surface area contributed by atoms with Crippen molar-refractivity contribution in [2.45, 2.75) is 12.2 Å². The maximum Gasteiger partial charge on any atom is 0.248 e. The first-order valence-corrected chi connectivity index (χ1v) is 5.42. The molecule has 0 aliphatic carbocycles. The average molecular weight is 211 g/mol. The van der Waals surface area contributed by atoms with Gasteiger partial charge in [-0.05, 0) is 19.1 Å². The monoisotopic (exact) mass is 211 g/mol. The van der Waals surface area contributed by atoms with Crippen molar-refractivity contribution in [1.29, 1.82) is 5.26 Å². The molecule has 6 heteroatoms. The van der Waals surface area contributed by atoms with Crippen molar-refractivity contribution in [2.75, 3.05) is 4.72 Å². The zero-order chi connectivity index (χ0) is 10.6. The highest BCUT2D eigenvalue weighted by Gasteiger charge is 2.19. The van der Waals surface area contributed by atoms with Gasteiger partial charge in [0, 0.05) is 6.20 Å². The minimum atomic E-state index is -3.61. The van der Waals surface area contributed by atoms with Crippen LogP contribution in [0.1, 0.15) is 6.92 Å². The molecule has 1 atom stereocenters. The third-order valence-electron chi connectivity index (χ3n) is 1.57. The molecule has 0 aliphatic heterocycles. The first kappa shape index (κ1) is 10.5. The molecule has 0 amide bonds. The maximum absolute atomic E-state index is 11.4. The molecule has 0 radical (unpaired) electrons. The number of nitrogens with zero attached hydrogens (tertiary/aromatic N) is 2. The minimum absolute atomic E-state index is 0.356. The van der Waals surface area contributed by atoms with Gasteiger partial charge in [0.25, 0.3) is 0 Å². The van der Waals surface area contributed by atoms with Crippen LogP contribution in [0.15, 0.2) is 24.5 Å². The number of anilines is 1.